The number of hydrogen-bond donors (Lipinski definition) is 2. The Hall–Kier alpha value is -1.47. The third kappa shape index (κ3) is 3.59. The number of nitrogens with zero attached hydrogens (tertiary/aromatic N) is 1. The predicted octanol–water partition coefficient (Wildman–Crippen LogP) is 4.37. The molecule has 3 aromatic rings. The standard InChI is InChI=1S/C21H22ClN3OS2/c22-19-11-14-10-18(24-21(14)28-19)20(26)23-17-9-13-3-1-2-4-15(13)16(17)12-25-5-7-27-8-6-25/h1-4,10-11,16-17,24H,5-9,12H2,(H,23,26)/t16-,17?/m1/s1. The van der Waals surface area contributed by atoms with Crippen LogP contribution in [-0.4, -0.2) is 53.0 Å². The number of fused-ring (bicyclic) bond motifs is 2. The lowest BCUT2D eigenvalue weighted by molar-refractivity contribution is 0.0925. The van der Waals surface area contributed by atoms with Crippen molar-refractivity contribution in [2.45, 2.75) is 18.4 Å². The second kappa shape index (κ2) is 7.75. The fraction of sp³-hybridized carbons (Fsp3) is 0.381. The van der Waals surface area contributed by atoms with Crippen molar-refractivity contribution in [3.63, 3.8) is 0 Å². The highest BCUT2D eigenvalue weighted by molar-refractivity contribution is 7.99. The van der Waals surface area contributed by atoms with Gasteiger partial charge in [-0.2, -0.15) is 11.8 Å². The summed E-state index contributed by atoms with van der Waals surface area (Å²) >= 11 is 9.55. The summed E-state index contributed by atoms with van der Waals surface area (Å²) < 4.78 is 0.735. The molecule has 1 aromatic carbocycles. The van der Waals surface area contributed by atoms with Crippen LogP contribution in [0.25, 0.3) is 10.2 Å². The number of aromatic nitrogens is 1. The first-order chi connectivity index (χ1) is 13.7. The maximum absolute atomic E-state index is 13.0. The molecule has 1 aliphatic carbocycles. The molecule has 1 fully saturated rings. The molecular weight excluding hydrogens is 410 g/mol. The van der Waals surface area contributed by atoms with E-state index in [0.29, 0.717) is 11.6 Å². The van der Waals surface area contributed by atoms with E-state index in [1.165, 1.54) is 34.0 Å². The molecule has 0 saturated carbocycles. The average Bonchev–Trinajstić information content (AvgIpc) is 3.34. The first-order valence-corrected chi connectivity index (χ1v) is 12.0. The quantitative estimate of drug-likeness (QED) is 0.644. The van der Waals surface area contributed by atoms with Crippen LogP contribution < -0.4 is 5.32 Å². The van der Waals surface area contributed by atoms with Crippen molar-refractivity contribution in [2.75, 3.05) is 31.1 Å². The highest BCUT2D eigenvalue weighted by Crippen LogP contribution is 2.35. The highest BCUT2D eigenvalue weighted by Gasteiger charge is 2.35. The number of aromatic amines is 1. The number of benzene rings is 1. The van der Waals surface area contributed by atoms with Crippen LogP contribution >= 0.6 is 34.7 Å². The number of thioether (sulfide) groups is 1. The van der Waals surface area contributed by atoms with Crippen molar-refractivity contribution in [2.24, 2.45) is 0 Å². The van der Waals surface area contributed by atoms with Gasteiger partial charge in [0.2, 0.25) is 0 Å². The monoisotopic (exact) mass is 431 g/mol. The zero-order chi connectivity index (χ0) is 19.1. The molecule has 0 spiro atoms. The number of amides is 1. The highest BCUT2D eigenvalue weighted by atomic mass is 35.5. The van der Waals surface area contributed by atoms with Crippen molar-refractivity contribution in [3.8, 4) is 0 Å². The van der Waals surface area contributed by atoms with Crippen molar-refractivity contribution < 1.29 is 4.79 Å². The van der Waals surface area contributed by atoms with E-state index in [1.54, 1.807) is 0 Å². The van der Waals surface area contributed by atoms with Crippen molar-refractivity contribution >= 4 is 50.8 Å². The Morgan fingerprint density at radius 1 is 1.25 bits per heavy atom. The zero-order valence-electron chi connectivity index (χ0n) is 15.4. The van der Waals surface area contributed by atoms with E-state index in [0.717, 1.165) is 40.6 Å². The number of nitrogens with one attached hydrogen (secondary N) is 2. The molecule has 3 heterocycles. The first-order valence-electron chi connectivity index (χ1n) is 9.64. The maximum Gasteiger partial charge on any atom is 0.268 e. The summed E-state index contributed by atoms with van der Waals surface area (Å²) in [5.74, 6) is 2.71. The van der Waals surface area contributed by atoms with E-state index in [1.807, 2.05) is 23.9 Å². The summed E-state index contributed by atoms with van der Waals surface area (Å²) in [7, 11) is 0. The minimum absolute atomic E-state index is 0.0310. The van der Waals surface area contributed by atoms with Gasteiger partial charge < -0.3 is 15.2 Å². The molecule has 0 bridgehead atoms. The summed E-state index contributed by atoms with van der Waals surface area (Å²) in [4.78, 5) is 19.7. The van der Waals surface area contributed by atoms with Gasteiger partial charge in [0.05, 0.1) is 4.34 Å². The van der Waals surface area contributed by atoms with Crippen molar-refractivity contribution in [1.29, 1.82) is 0 Å². The third-order valence-electron chi connectivity index (χ3n) is 5.78. The van der Waals surface area contributed by atoms with Gasteiger partial charge in [-0.3, -0.25) is 4.79 Å². The molecule has 146 valence electrons. The summed E-state index contributed by atoms with van der Waals surface area (Å²) in [6.45, 7) is 3.28. The Bertz CT molecular complexity index is 977. The van der Waals surface area contributed by atoms with E-state index in [4.69, 9.17) is 11.6 Å². The first kappa shape index (κ1) is 18.6. The minimum atomic E-state index is -0.0310. The lowest BCUT2D eigenvalue weighted by Gasteiger charge is -2.31. The molecule has 2 aliphatic rings. The Morgan fingerprint density at radius 2 is 2.07 bits per heavy atom. The summed E-state index contributed by atoms with van der Waals surface area (Å²) in [6, 6.07) is 12.6. The van der Waals surface area contributed by atoms with E-state index in [-0.39, 0.29) is 11.9 Å². The van der Waals surface area contributed by atoms with Crippen LogP contribution in [0.15, 0.2) is 36.4 Å². The lowest BCUT2D eigenvalue weighted by atomic mass is 9.97. The smallest absolute Gasteiger partial charge is 0.268 e. The topological polar surface area (TPSA) is 48.1 Å². The Morgan fingerprint density at radius 3 is 2.89 bits per heavy atom. The van der Waals surface area contributed by atoms with Crippen molar-refractivity contribution in [1.82, 2.24) is 15.2 Å². The number of carbonyl (C=O) groups excluding carboxylic acids is 1. The number of halogens is 1. The van der Waals surface area contributed by atoms with Gasteiger partial charge in [-0.25, -0.2) is 0 Å². The van der Waals surface area contributed by atoms with Crippen molar-refractivity contribution in [3.05, 3.63) is 57.6 Å². The molecule has 1 saturated heterocycles. The molecule has 5 rings (SSSR count). The van der Waals surface area contributed by atoms with Crippen LogP contribution in [0.2, 0.25) is 4.34 Å². The summed E-state index contributed by atoms with van der Waals surface area (Å²) in [5.41, 5.74) is 3.37. The van der Waals surface area contributed by atoms with Crippen LogP contribution in [0.5, 0.6) is 0 Å². The SMILES string of the molecule is O=C(NC1Cc2ccccc2[C@H]1CN1CCSCC1)c1cc2cc(Cl)sc2[nH]1. The molecular formula is C21H22ClN3OS2. The maximum atomic E-state index is 13.0. The Kier molecular flexibility index (Phi) is 5.13. The molecule has 28 heavy (non-hydrogen) atoms. The van der Waals surface area contributed by atoms with Gasteiger partial charge in [0.1, 0.15) is 10.5 Å². The molecule has 0 radical (unpaired) electrons. The van der Waals surface area contributed by atoms with Crippen LogP contribution in [0.3, 0.4) is 0 Å². The number of H-pyrrole nitrogens is 1. The molecule has 2 aromatic heterocycles. The summed E-state index contributed by atoms with van der Waals surface area (Å²) in [6.07, 6.45) is 0.899. The zero-order valence-corrected chi connectivity index (χ0v) is 17.8. The minimum Gasteiger partial charge on any atom is -0.347 e. The van der Waals surface area contributed by atoms with E-state index in [9.17, 15) is 4.79 Å². The molecule has 4 nitrogen and oxygen atoms in total. The number of hydrogen-bond acceptors (Lipinski definition) is 4. The van der Waals surface area contributed by atoms with Crippen LogP contribution in [-0.2, 0) is 6.42 Å². The lowest BCUT2D eigenvalue weighted by Crippen LogP contribution is -2.44. The van der Waals surface area contributed by atoms with E-state index < -0.39 is 0 Å². The van der Waals surface area contributed by atoms with Crippen LogP contribution in [0.1, 0.15) is 27.5 Å². The number of carbonyl (C=O) groups is 1. The largest absolute Gasteiger partial charge is 0.347 e. The van der Waals surface area contributed by atoms with E-state index in [2.05, 4.69) is 39.5 Å². The van der Waals surface area contributed by atoms with Gasteiger partial charge in [0, 0.05) is 48.5 Å². The van der Waals surface area contributed by atoms with Gasteiger partial charge in [-0.05, 0) is 29.7 Å². The predicted molar refractivity (Wildman–Crippen MR) is 119 cm³/mol. The number of thiophene rings is 1. The molecule has 2 N–H and O–H groups in total. The second-order valence-corrected chi connectivity index (χ2v) is 10.4. The molecule has 2 atom stereocenters. The van der Waals surface area contributed by atoms with Crippen LogP contribution in [0, 0.1) is 0 Å². The second-order valence-electron chi connectivity index (χ2n) is 7.52. The third-order valence-corrected chi connectivity index (χ3v) is 7.92. The average molecular weight is 432 g/mol. The summed E-state index contributed by atoms with van der Waals surface area (Å²) in [5, 5.41) is 4.31. The van der Waals surface area contributed by atoms with Gasteiger partial charge in [-0.1, -0.05) is 35.9 Å². The normalized spacial score (nSPS) is 22.5. The van der Waals surface area contributed by atoms with Gasteiger partial charge >= 0.3 is 0 Å². The van der Waals surface area contributed by atoms with Gasteiger partial charge in [0.25, 0.3) is 5.91 Å². The molecule has 7 heteroatoms. The van der Waals surface area contributed by atoms with E-state index >= 15 is 0 Å². The molecule has 1 unspecified atom stereocenters. The molecule has 1 aliphatic heterocycles. The fourth-order valence-corrected chi connectivity index (χ4v) is 6.48. The molecule has 1 amide bonds. The van der Waals surface area contributed by atoms with Crippen LogP contribution in [0.4, 0.5) is 0 Å². The Labute approximate surface area is 177 Å². The number of rotatable bonds is 4. The van der Waals surface area contributed by atoms with Gasteiger partial charge in [0.15, 0.2) is 0 Å². The Balaban J connectivity index is 1.36. The van der Waals surface area contributed by atoms with Gasteiger partial charge in [-0.15, -0.1) is 11.3 Å². The fourth-order valence-electron chi connectivity index (χ4n) is 4.38.